The quantitative estimate of drug-likeness (QED) is 0.848. The first kappa shape index (κ1) is 14.3. The molecule has 2 rings (SSSR count). The van der Waals surface area contributed by atoms with E-state index in [-0.39, 0.29) is 0 Å². The number of carbonyl (C=O) groups is 2. The molecule has 1 aromatic rings. The molecular weight excluding hydrogens is 260 g/mol. The van der Waals surface area contributed by atoms with Crippen molar-refractivity contribution in [3.63, 3.8) is 0 Å². The van der Waals surface area contributed by atoms with Gasteiger partial charge in [0, 0.05) is 12.7 Å². The van der Waals surface area contributed by atoms with Crippen molar-refractivity contribution in [3.05, 3.63) is 23.9 Å². The number of nitrogens with zero attached hydrogens (tertiary/aromatic N) is 2. The SMILES string of the molecule is COC(=O)c1ccnc(N2CCCCCC2C(=O)O)c1. The first-order valence-corrected chi connectivity index (χ1v) is 6.67. The fraction of sp³-hybridized carbons (Fsp3) is 0.500. The van der Waals surface area contributed by atoms with Gasteiger partial charge >= 0.3 is 11.9 Å². The molecule has 1 aliphatic heterocycles. The van der Waals surface area contributed by atoms with E-state index >= 15 is 0 Å². The second-order valence-electron chi connectivity index (χ2n) is 4.79. The van der Waals surface area contributed by atoms with Gasteiger partial charge in [0.1, 0.15) is 11.9 Å². The first-order chi connectivity index (χ1) is 9.63. The largest absolute Gasteiger partial charge is 0.480 e. The number of methoxy groups -OCH3 is 1. The Labute approximate surface area is 117 Å². The van der Waals surface area contributed by atoms with Crippen LogP contribution in [-0.4, -0.2) is 41.7 Å². The van der Waals surface area contributed by atoms with Gasteiger partial charge < -0.3 is 14.7 Å². The Kier molecular flexibility index (Phi) is 4.55. The normalized spacial score (nSPS) is 19.2. The molecule has 6 heteroatoms. The summed E-state index contributed by atoms with van der Waals surface area (Å²) in [6, 6.07) is 2.56. The molecule has 0 spiro atoms. The molecule has 1 aliphatic rings. The number of pyridine rings is 1. The molecule has 1 aromatic heterocycles. The molecule has 2 heterocycles. The number of aliphatic carboxylic acids is 1. The topological polar surface area (TPSA) is 79.7 Å². The van der Waals surface area contributed by atoms with Crippen LogP contribution < -0.4 is 4.90 Å². The van der Waals surface area contributed by atoms with Crippen LogP contribution in [0.5, 0.6) is 0 Å². The van der Waals surface area contributed by atoms with Gasteiger partial charge in [-0.3, -0.25) is 0 Å². The average Bonchev–Trinajstić information content (AvgIpc) is 2.72. The molecule has 1 N–H and O–H groups in total. The maximum Gasteiger partial charge on any atom is 0.338 e. The molecule has 1 atom stereocenters. The van der Waals surface area contributed by atoms with E-state index in [9.17, 15) is 14.7 Å². The summed E-state index contributed by atoms with van der Waals surface area (Å²) in [6.07, 6.45) is 4.93. The van der Waals surface area contributed by atoms with Crippen LogP contribution in [0.4, 0.5) is 5.82 Å². The van der Waals surface area contributed by atoms with Gasteiger partial charge in [0.05, 0.1) is 12.7 Å². The summed E-state index contributed by atoms with van der Waals surface area (Å²) in [6.45, 7) is 0.634. The lowest BCUT2D eigenvalue weighted by molar-refractivity contribution is -0.138. The predicted octanol–water partition coefficient (Wildman–Crippen LogP) is 1.70. The van der Waals surface area contributed by atoms with Crippen LogP contribution in [-0.2, 0) is 9.53 Å². The molecule has 0 aromatic carbocycles. The maximum atomic E-state index is 11.5. The lowest BCUT2D eigenvalue weighted by Gasteiger charge is -2.28. The number of carboxylic acid groups (broad SMARTS) is 1. The summed E-state index contributed by atoms with van der Waals surface area (Å²) < 4.78 is 4.68. The third-order valence-corrected chi connectivity index (χ3v) is 3.50. The van der Waals surface area contributed by atoms with Crippen molar-refractivity contribution >= 4 is 17.8 Å². The van der Waals surface area contributed by atoms with E-state index in [2.05, 4.69) is 9.72 Å². The third kappa shape index (κ3) is 3.07. The Morgan fingerprint density at radius 1 is 1.40 bits per heavy atom. The highest BCUT2D eigenvalue weighted by Crippen LogP contribution is 2.23. The van der Waals surface area contributed by atoms with Gasteiger partial charge in [0.25, 0.3) is 0 Å². The van der Waals surface area contributed by atoms with Crippen molar-refractivity contribution in [1.29, 1.82) is 0 Å². The number of ether oxygens (including phenoxy) is 1. The van der Waals surface area contributed by atoms with Gasteiger partial charge in [0.15, 0.2) is 0 Å². The smallest absolute Gasteiger partial charge is 0.338 e. The number of carbonyl (C=O) groups excluding carboxylic acids is 1. The van der Waals surface area contributed by atoms with E-state index in [0.29, 0.717) is 24.3 Å². The molecule has 108 valence electrons. The zero-order valence-electron chi connectivity index (χ0n) is 11.4. The van der Waals surface area contributed by atoms with E-state index in [0.717, 1.165) is 19.3 Å². The molecule has 20 heavy (non-hydrogen) atoms. The highest BCUT2D eigenvalue weighted by molar-refractivity contribution is 5.90. The van der Waals surface area contributed by atoms with Crippen molar-refractivity contribution in [2.45, 2.75) is 31.7 Å². The Balaban J connectivity index is 2.31. The summed E-state index contributed by atoms with van der Waals surface area (Å²) in [7, 11) is 1.31. The zero-order valence-corrected chi connectivity index (χ0v) is 11.4. The van der Waals surface area contributed by atoms with Crippen molar-refractivity contribution < 1.29 is 19.4 Å². The van der Waals surface area contributed by atoms with Crippen LogP contribution in [0.3, 0.4) is 0 Å². The number of carboxylic acids is 1. The first-order valence-electron chi connectivity index (χ1n) is 6.67. The summed E-state index contributed by atoms with van der Waals surface area (Å²) in [5.74, 6) is -0.783. The van der Waals surface area contributed by atoms with Gasteiger partial charge in [0.2, 0.25) is 0 Å². The monoisotopic (exact) mass is 278 g/mol. The molecule has 0 saturated carbocycles. The Morgan fingerprint density at radius 2 is 2.20 bits per heavy atom. The van der Waals surface area contributed by atoms with Gasteiger partial charge in [-0.1, -0.05) is 12.8 Å². The Bertz CT molecular complexity index is 504. The second kappa shape index (κ2) is 6.36. The minimum Gasteiger partial charge on any atom is -0.480 e. The van der Waals surface area contributed by atoms with Crippen LogP contribution in [0.2, 0.25) is 0 Å². The van der Waals surface area contributed by atoms with E-state index in [4.69, 9.17) is 0 Å². The molecule has 1 fully saturated rings. The molecule has 1 saturated heterocycles. The third-order valence-electron chi connectivity index (χ3n) is 3.50. The molecule has 0 radical (unpaired) electrons. The number of hydrogen-bond donors (Lipinski definition) is 1. The summed E-state index contributed by atoms with van der Waals surface area (Å²) in [5.41, 5.74) is 0.380. The summed E-state index contributed by atoms with van der Waals surface area (Å²) >= 11 is 0. The number of aromatic nitrogens is 1. The van der Waals surface area contributed by atoms with Crippen LogP contribution in [0.1, 0.15) is 36.0 Å². The van der Waals surface area contributed by atoms with Gasteiger partial charge in [-0.15, -0.1) is 0 Å². The van der Waals surface area contributed by atoms with E-state index < -0.39 is 18.0 Å². The van der Waals surface area contributed by atoms with Crippen LogP contribution >= 0.6 is 0 Å². The van der Waals surface area contributed by atoms with Crippen molar-refractivity contribution in [2.75, 3.05) is 18.6 Å². The number of anilines is 1. The number of hydrogen-bond acceptors (Lipinski definition) is 5. The minimum atomic E-state index is -0.850. The predicted molar refractivity (Wildman–Crippen MR) is 72.8 cm³/mol. The fourth-order valence-electron chi connectivity index (χ4n) is 2.46. The zero-order chi connectivity index (χ0) is 14.5. The second-order valence-corrected chi connectivity index (χ2v) is 4.79. The van der Waals surface area contributed by atoms with Gasteiger partial charge in [-0.05, 0) is 25.0 Å². The summed E-state index contributed by atoms with van der Waals surface area (Å²) in [5, 5.41) is 9.36. The highest BCUT2D eigenvalue weighted by Gasteiger charge is 2.28. The molecule has 0 bridgehead atoms. The highest BCUT2D eigenvalue weighted by atomic mass is 16.5. The van der Waals surface area contributed by atoms with Crippen LogP contribution in [0.25, 0.3) is 0 Å². The van der Waals surface area contributed by atoms with Gasteiger partial charge in [-0.2, -0.15) is 0 Å². The van der Waals surface area contributed by atoms with Gasteiger partial charge in [-0.25, -0.2) is 14.6 Å². The molecular formula is C14H18N2O4. The molecule has 0 aliphatic carbocycles. The number of esters is 1. The van der Waals surface area contributed by atoms with Crippen molar-refractivity contribution in [1.82, 2.24) is 4.98 Å². The average molecular weight is 278 g/mol. The lowest BCUT2D eigenvalue weighted by atomic mass is 10.1. The van der Waals surface area contributed by atoms with Crippen molar-refractivity contribution in [2.24, 2.45) is 0 Å². The minimum absolute atomic E-state index is 0.380. The van der Waals surface area contributed by atoms with Crippen LogP contribution in [0, 0.1) is 0 Å². The fourth-order valence-corrected chi connectivity index (χ4v) is 2.46. The Hall–Kier alpha value is -2.11. The molecule has 6 nitrogen and oxygen atoms in total. The van der Waals surface area contributed by atoms with Crippen LogP contribution in [0.15, 0.2) is 18.3 Å². The summed E-state index contributed by atoms with van der Waals surface area (Å²) in [4.78, 5) is 28.9. The van der Waals surface area contributed by atoms with Crippen molar-refractivity contribution in [3.8, 4) is 0 Å². The number of rotatable bonds is 3. The lowest BCUT2D eigenvalue weighted by Crippen LogP contribution is -2.41. The van der Waals surface area contributed by atoms with E-state index in [1.54, 1.807) is 17.0 Å². The standard InChI is InChI=1S/C14H18N2O4/c1-20-14(19)10-6-7-15-12(9-10)16-8-4-2-3-5-11(16)13(17)18/h6-7,9,11H,2-5,8H2,1H3,(H,17,18). The molecule has 0 amide bonds. The molecule has 1 unspecified atom stereocenters. The van der Waals surface area contributed by atoms with E-state index in [1.807, 2.05) is 0 Å². The Morgan fingerprint density at radius 3 is 2.90 bits per heavy atom. The maximum absolute atomic E-state index is 11.5. The van der Waals surface area contributed by atoms with E-state index in [1.165, 1.54) is 13.3 Å².